The number of hydrogen-bond donors (Lipinski definition) is 2. The molecule has 0 spiro atoms. The van der Waals surface area contributed by atoms with Gasteiger partial charge in [-0.05, 0) is 61.4 Å². The SMILES string of the molecule is Cc1ccc(NC(=O)COC(=O)c2ccc(C)c(NC(=O)c3ccco3)c2)cc1F. The highest BCUT2D eigenvalue weighted by Crippen LogP contribution is 2.19. The summed E-state index contributed by atoms with van der Waals surface area (Å²) in [5.74, 6) is -2.13. The molecule has 2 N–H and O–H groups in total. The summed E-state index contributed by atoms with van der Waals surface area (Å²) in [7, 11) is 0. The average molecular weight is 410 g/mol. The van der Waals surface area contributed by atoms with E-state index in [0.29, 0.717) is 11.3 Å². The molecule has 0 bridgehead atoms. The molecule has 0 atom stereocenters. The van der Waals surface area contributed by atoms with E-state index in [1.165, 1.54) is 36.6 Å². The fourth-order valence-electron chi connectivity index (χ4n) is 2.56. The number of amides is 2. The number of carbonyl (C=O) groups excluding carboxylic acids is 3. The number of rotatable bonds is 6. The number of furan rings is 1. The van der Waals surface area contributed by atoms with E-state index >= 15 is 0 Å². The van der Waals surface area contributed by atoms with E-state index in [4.69, 9.17) is 9.15 Å². The number of carbonyl (C=O) groups is 3. The molecular weight excluding hydrogens is 391 g/mol. The van der Waals surface area contributed by atoms with E-state index < -0.39 is 30.2 Å². The molecule has 0 saturated carbocycles. The molecular formula is C22H19FN2O5. The van der Waals surface area contributed by atoms with Crippen LogP contribution in [0, 0.1) is 19.7 Å². The molecule has 0 saturated heterocycles. The molecule has 0 unspecified atom stereocenters. The summed E-state index contributed by atoms with van der Waals surface area (Å²) >= 11 is 0. The Balaban J connectivity index is 1.60. The van der Waals surface area contributed by atoms with Gasteiger partial charge in [-0.25, -0.2) is 9.18 Å². The number of hydrogen-bond acceptors (Lipinski definition) is 5. The van der Waals surface area contributed by atoms with Gasteiger partial charge in [0.2, 0.25) is 0 Å². The van der Waals surface area contributed by atoms with Crippen LogP contribution in [0.2, 0.25) is 0 Å². The zero-order valence-electron chi connectivity index (χ0n) is 16.3. The van der Waals surface area contributed by atoms with Gasteiger partial charge in [0.15, 0.2) is 12.4 Å². The zero-order chi connectivity index (χ0) is 21.7. The molecule has 3 aromatic rings. The summed E-state index contributed by atoms with van der Waals surface area (Å²) in [5.41, 5.74) is 2.01. The fourth-order valence-corrected chi connectivity index (χ4v) is 2.56. The molecule has 30 heavy (non-hydrogen) atoms. The predicted molar refractivity (Wildman–Crippen MR) is 108 cm³/mol. The van der Waals surface area contributed by atoms with Crippen molar-refractivity contribution in [3.05, 3.63) is 83.1 Å². The molecule has 7 nitrogen and oxygen atoms in total. The van der Waals surface area contributed by atoms with Gasteiger partial charge in [0.25, 0.3) is 11.8 Å². The minimum Gasteiger partial charge on any atom is -0.459 e. The standard InChI is InChI=1S/C22H19FN2O5/c1-13-6-8-16(11-17(13)23)24-20(26)12-30-22(28)15-7-5-14(2)18(10-15)25-21(27)19-4-3-9-29-19/h3-11H,12H2,1-2H3,(H,24,26)(H,25,27). The lowest BCUT2D eigenvalue weighted by molar-refractivity contribution is -0.119. The first-order chi connectivity index (χ1) is 14.3. The Hall–Kier alpha value is -3.94. The second kappa shape index (κ2) is 9.04. The summed E-state index contributed by atoms with van der Waals surface area (Å²) < 4.78 is 23.6. The third kappa shape index (κ3) is 5.11. The fraction of sp³-hybridized carbons (Fsp3) is 0.136. The van der Waals surface area contributed by atoms with Crippen LogP contribution < -0.4 is 10.6 Å². The van der Waals surface area contributed by atoms with Crippen LogP contribution in [-0.2, 0) is 9.53 Å². The Morgan fingerprint density at radius 1 is 1.00 bits per heavy atom. The summed E-state index contributed by atoms with van der Waals surface area (Å²) in [6.07, 6.45) is 1.38. The van der Waals surface area contributed by atoms with E-state index in [2.05, 4.69) is 10.6 Å². The smallest absolute Gasteiger partial charge is 0.338 e. The van der Waals surface area contributed by atoms with Crippen LogP contribution >= 0.6 is 0 Å². The highest BCUT2D eigenvalue weighted by atomic mass is 19.1. The number of benzene rings is 2. The summed E-state index contributed by atoms with van der Waals surface area (Å²) in [4.78, 5) is 36.4. The van der Waals surface area contributed by atoms with Gasteiger partial charge in [-0.2, -0.15) is 0 Å². The van der Waals surface area contributed by atoms with E-state index in [1.807, 2.05) is 0 Å². The van der Waals surface area contributed by atoms with Crippen molar-refractivity contribution in [2.24, 2.45) is 0 Å². The molecule has 0 aliphatic carbocycles. The Kier molecular flexibility index (Phi) is 6.26. The topological polar surface area (TPSA) is 97.6 Å². The van der Waals surface area contributed by atoms with Crippen molar-refractivity contribution in [3.8, 4) is 0 Å². The zero-order valence-corrected chi connectivity index (χ0v) is 16.3. The molecule has 1 aromatic heterocycles. The van der Waals surface area contributed by atoms with Gasteiger partial charge in [-0.15, -0.1) is 0 Å². The van der Waals surface area contributed by atoms with Crippen LogP contribution in [0.1, 0.15) is 32.0 Å². The van der Waals surface area contributed by atoms with Crippen LogP contribution in [0.25, 0.3) is 0 Å². The van der Waals surface area contributed by atoms with Gasteiger partial charge in [0, 0.05) is 11.4 Å². The van der Waals surface area contributed by atoms with Gasteiger partial charge in [-0.1, -0.05) is 12.1 Å². The maximum atomic E-state index is 13.5. The van der Waals surface area contributed by atoms with Crippen LogP contribution in [0.3, 0.4) is 0 Å². The maximum Gasteiger partial charge on any atom is 0.338 e. The van der Waals surface area contributed by atoms with Crippen molar-refractivity contribution in [2.45, 2.75) is 13.8 Å². The Morgan fingerprint density at radius 2 is 1.77 bits per heavy atom. The quantitative estimate of drug-likeness (QED) is 0.597. The molecule has 0 radical (unpaired) electrons. The molecule has 0 fully saturated rings. The van der Waals surface area contributed by atoms with E-state index in [1.54, 1.807) is 32.0 Å². The van der Waals surface area contributed by atoms with E-state index in [0.717, 1.165) is 5.56 Å². The lowest BCUT2D eigenvalue weighted by atomic mass is 10.1. The first-order valence-electron chi connectivity index (χ1n) is 9.02. The second-order valence-corrected chi connectivity index (χ2v) is 6.55. The third-order valence-corrected chi connectivity index (χ3v) is 4.26. The van der Waals surface area contributed by atoms with Crippen molar-refractivity contribution in [3.63, 3.8) is 0 Å². The molecule has 0 aliphatic rings. The first-order valence-corrected chi connectivity index (χ1v) is 9.02. The second-order valence-electron chi connectivity index (χ2n) is 6.55. The summed E-state index contributed by atoms with van der Waals surface area (Å²) in [6, 6.07) is 12.0. The molecule has 3 rings (SSSR count). The van der Waals surface area contributed by atoms with Gasteiger partial charge < -0.3 is 19.8 Å². The number of aryl methyl sites for hydroxylation is 2. The Bertz CT molecular complexity index is 1090. The van der Waals surface area contributed by atoms with Gasteiger partial charge in [0.1, 0.15) is 5.82 Å². The van der Waals surface area contributed by atoms with E-state index in [-0.39, 0.29) is 17.0 Å². The molecule has 8 heteroatoms. The van der Waals surface area contributed by atoms with Crippen molar-refractivity contribution in [1.29, 1.82) is 0 Å². The van der Waals surface area contributed by atoms with Crippen LogP contribution in [0.5, 0.6) is 0 Å². The third-order valence-electron chi connectivity index (χ3n) is 4.26. The molecule has 2 amide bonds. The molecule has 0 aliphatic heterocycles. The number of esters is 1. The van der Waals surface area contributed by atoms with Gasteiger partial charge in [-0.3, -0.25) is 9.59 Å². The highest BCUT2D eigenvalue weighted by Gasteiger charge is 2.15. The lowest BCUT2D eigenvalue weighted by Crippen LogP contribution is -2.21. The van der Waals surface area contributed by atoms with Crippen LogP contribution in [0.4, 0.5) is 15.8 Å². The Morgan fingerprint density at radius 3 is 2.47 bits per heavy atom. The van der Waals surface area contributed by atoms with Crippen LogP contribution in [0.15, 0.2) is 59.2 Å². The number of anilines is 2. The predicted octanol–water partition coefficient (Wildman–Crippen LogP) is 4.08. The lowest BCUT2D eigenvalue weighted by Gasteiger charge is -2.10. The van der Waals surface area contributed by atoms with Gasteiger partial charge >= 0.3 is 5.97 Å². The number of halogens is 1. The van der Waals surface area contributed by atoms with Crippen molar-refractivity contribution in [2.75, 3.05) is 17.2 Å². The largest absolute Gasteiger partial charge is 0.459 e. The minimum atomic E-state index is -0.742. The monoisotopic (exact) mass is 410 g/mol. The molecule has 154 valence electrons. The van der Waals surface area contributed by atoms with E-state index in [9.17, 15) is 18.8 Å². The van der Waals surface area contributed by atoms with Crippen molar-refractivity contribution in [1.82, 2.24) is 0 Å². The van der Waals surface area contributed by atoms with Crippen molar-refractivity contribution < 1.29 is 27.9 Å². The maximum absolute atomic E-state index is 13.5. The Labute approximate surface area is 171 Å². The number of nitrogens with one attached hydrogen (secondary N) is 2. The normalized spacial score (nSPS) is 10.4. The van der Waals surface area contributed by atoms with Crippen LogP contribution in [-0.4, -0.2) is 24.4 Å². The highest BCUT2D eigenvalue weighted by molar-refractivity contribution is 6.03. The molecule has 1 heterocycles. The first kappa shape index (κ1) is 20.8. The number of ether oxygens (including phenoxy) is 1. The average Bonchev–Trinajstić information content (AvgIpc) is 3.25. The summed E-state index contributed by atoms with van der Waals surface area (Å²) in [5, 5.41) is 5.12. The van der Waals surface area contributed by atoms with Crippen molar-refractivity contribution >= 4 is 29.2 Å². The summed E-state index contributed by atoms with van der Waals surface area (Å²) in [6.45, 7) is 2.83. The van der Waals surface area contributed by atoms with Gasteiger partial charge in [0.05, 0.1) is 11.8 Å². The minimum absolute atomic E-state index is 0.131. The molecule has 2 aromatic carbocycles.